The maximum absolute atomic E-state index is 5.36. The van der Waals surface area contributed by atoms with Crippen molar-refractivity contribution in [2.24, 2.45) is 11.7 Å². The highest BCUT2D eigenvalue weighted by Crippen LogP contribution is 2.11. The topological polar surface area (TPSA) is 38.0 Å². The molecule has 0 aliphatic carbocycles. The van der Waals surface area contributed by atoms with Crippen molar-refractivity contribution < 1.29 is 0 Å². The van der Waals surface area contributed by atoms with Crippen molar-refractivity contribution in [3.63, 3.8) is 0 Å². The van der Waals surface area contributed by atoms with Crippen LogP contribution in [-0.4, -0.2) is 11.2 Å². The summed E-state index contributed by atoms with van der Waals surface area (Å²) in [5, 5.41) is 3.46. The zero-order valence-corrected chi connectivity index (χ0v) is 8.37. The van der Waals surface area contributed by atoms with Gasteiger partial charge in [-0.3, -0.25) is 0 Å². The second-order valence-corrected chi connectivity index (χ2v) is 3.31. The predicted octanol–water partition coefficient (Wildman–Crippen LogP) is 1.64. The lowest BCUT2D eigenvalue weighted by Gasteiger charge is -2.22. The molecule has 66 valence electrons. The zero-order chi connectivity index (χ0) is 8.85. The van der Waals surface area contributed by atoms with Crippen LogP contribution >= 0.6 is 12.2 Å². The molecular formula is C8H18N2S. The minimum Gasteiger partial charge on any atom is -0.376 e. The summed E-state index contributed by atoms with van der Waals surface area (Å²) in [7, 11) is 0. The summed E-state index contributed by atoms with van der Waals surface area (Å²) in [6, 6.07) is 0.405. The molecule has 0 aromatic heterocycles. The Hall–Kier alpha value is -0.310. The maximum Gasteiger partial charge on any atom is 0.163 e. The van der Waals surface area contributed by atoms with Crippen LogP contribution in [0.5, 0.6) is 0 Å². The van der Waals surface area contributed by atoms with E-state index in [1.165, 1.54) is 12.8 Å². The van der Waals surface area contributed by atoms with Gasteiger partial charge < -0.3 is 11.1 Å². The van der Waals surface area contributed by atoms with E-state index in [1.807, 2.05) is 0 Å². The smallest absolute Gasteiger partial charge is 0.163 e. The van der Waals surface area contributed by atoms with Crippen LogP contribution < -0.4 is 11.1 Å². The van der Waals surface area contributed by atoms with Gasteiger partial charge in [-0.1, -0.05) is 26.7 Å². The van der Waals surface area contributed by atoms with E-state index < -0.39 is 0 Å². The Kier molecular flexibility index (Phi) is 5.20. The zero-order valence-electron chi connectivity index (χ0n) is 7.55. The number of thiocarbonyl (C=S) groups is 1. The SMILES string of the molecule is CCC(CC)C(C)NC(N)=S. The number of nitrogens with one attached hydrogen (secondary N) is 1. The minimum atomic E-state index is 0.405. The van der Waals surface area contributed by atoms with Gasteiger partial charge >= 0.3 is 0 Å². The Morgan fingerprint density at radius 1 is 1.45 bits per heavy atom. The molecule has 0 bridgehead atoms. The molecule has 0 rings (SSSR count). The Balaban J connectivity index is 3.78. The van der Waals surface area contributed by atoms with Gasteiger partial charge in [-0.25, -0.2) is 0 Å². The van der Waals surface area contributed by atoms with Gasteiger partial charge in [0.15, 0.2) is 5.11 Å². The molecule has 3 heteroatoms. The molecule has 0 spiro atoms. The van der Waals surface area contributed by atoms with Crippen LogP contribution in [0, 0.1) is 5.92 Å². The molecule has 0 aromatic carbocycles. The molecule has 3 N–H and O–H groups in total. The summed E-state index contributed by atoms with van der Waals surface area (Å²) in [6.45, 7) is 6.49. The average Bonchev–Trinajstić information content (AvgIpc) is 1.88. The first kappa shape index (κ1) is 10.7. The summed E-state index contributed by atoms with van der Waals surface area (Å²) in [5.41, 5.74) is 5.36. The van der Waals surface area contributed by atoms with Crippen LogP contribution in [0.1, 0.15) is 33.6 Å². The van der Waals surface area contributed by atoms with Gasteiger partial charge in [-0.05, 0) is 25.1 Å². The molecular weight excluding hydrogens is 156 g/mol. The fourth-order valence-electron chi connectivity index (χ4n) is 1.34. The number of hydrogen-bond donors (Lipinski definition) is 2. The van der Waals surface area contributed by atoms with Crippen molar-refractivity contribution in [3.05, 3.63) is 0 Å². The van der Waals surface area contributed by atoms with Gasteiger partial charge in [0.05, 0.1) is 0 Å². The van der Waals surface area contributed by atoms with Gasteiger partial charge in [-0.15, -0.1) is 0 Å². The Morgan fingerprint density at radius 3 is 2.18 bits per heavy atom. The molecule has 11 heavy (non-hydrogen) atoms. The number of rotatable bonds is 4. The molecule has 0 aliphatic rings. The van der Waals surface area contributed by atoms with Gasteiger partial charge in [0.2, 0.25) is 0 Å². The molecule has 0 saturated heterocycles. The lowest BCUT2D eigenvalue weighted by molar-refractivity contribution is 0.391. The van der Waals surface area contributed by atoms with E-state index in [2.05, 4.69) is 26.1 Å². The van der Waals surface area contributed by atoms with Crippen molar-refractivity contribution in [1.82, 2.24) is 5.32 Å². The van der Waals surface area contributed by atoms with Gasteiger partial charge in [0.25, 0.3) is 0 Å². The first-order valence-electron chi connectivity index (χ1n) is 4.17. The normalized spacial score (nSPS) is 13.1. The van der Waals surface area contributed by atoms with Gasteiger partial charge in [-0.2, -0.15) is 0 Å². The highest BCUT2D eigenvalue weighted by molar-refractivity contribution is 7.80. The van der Waals surface area contributed by atoms with Crippen LogP contribution in [0.4, 0.5) is 0 Å². The molecule has 0 radical (unpaired) electrons. The number of nitrogens with two attached hydrogens (primary N) is 1. The summed E-state index contributed by atoms with van der Waals surface area (Å²) < 4.78 is 0. The van der Waals surface area contributed by atoms with Crippen LogP contribution in [0.15, 0.2) is 0 Å². The third-order valence-corrected chi connectivity index (χ3v) is 2.24. The molecule has 1 unspecified atom stereocenters. The molecule has 2 nitrogen and oxygen atoms in total. The summed E-state index contributed by atoms with van der Waals surface area (Å²) in [6.07, 6.45) is 2.35. The van der Waals surface area contributed by atoms with Crippen LogP contribution in [-0.2, 0) is 0 Å². The average molecular weight is 174 g/mol. The van der Waals surface area contributed by atoms with Crippen LogP contribution in [0.2, 0.25) is 0 Å². The minimum absolute atomic E-state index is 0.405. The lowest BCUT2D eigenvalue weighted by atomic mass is 9.96. The van der Waals surface area contributed by atoms with E-state index in [0.717, 1.165) is 0 Å². The third kappa shape index (κ3) is 4.19. The molecule has 1 atom stereocenters. The van der Waals surface area contributed by atoms with E-state index in [4.69, 9.17) is 18.0 Å². The fourth-order valence-corrected chi connectivity index (χ4v) is 1.52. The molecule has 0 amide bonds. The highest BCUT2D eigenvalue weighted by atomic mass is 32.1. The highest BCUT2D eigenvalue weighted by Gasteiger charge is 2.12. The van der Waals surface area contributed by atoms with E-state index in [0.29, 0.717) is 17.1 Å². The molecule has 0 aromatic rings. The van der Waals surface area contributed by atoms with Crippen LogP contribution in [0.25, 0.3) is 0 Å². The predicted molar refractivity (Wildman–Crippen MR) is 53.5 cm³/mol. The Bertz CT molecular complexity index is 121. The van der Waals surface area contributed by atoms with Crippen molar-refractivity contribution in [1.29, 1.82) is 0 Å². The van der Waals surface area contributed by atoms with Crippen molar-refractivity contribution in [2.75, 3.05) is 0 Å². The summed E-state index contributed by atoms with van der Waals surface area (Å²) in [5.74, 6) is 0.677. The first-order chi connectivity index (χ1) is 5.11. The first-order valence-corrected chi connectivity index (χ1v) is 4.58. The van der Waals surface area contributed by atoms with Gasteiger partial charge in [0, 0.05) is 6.04 Å². The second-order valence-electron chi connectivity index (χ2n) is 2.87. The fraction of sp³-hybridized carbons (Fsp3) is 0.875. The molecule has 0 aliphatic heterocycles. The van der Waals surface area contributed by atoms with E-state index in [9.17, 15) is 0 Å². The summed E-state index contributed by atoms with van der Waals surface area (Å²) in [4.78, 5) is 0. The lowest BCUT2D eigenvalue weighted by Crippen LogP contribution is -2.40. The molecule has 0 heterocycles. The quantitative estimate of drug-likeness (QED) is 0.636. The van der Waals surface area contributed by atoms with E-state index >= 15 is 0 Å². The molecule has 0 fully saturated rings. The largest absolute Gasteiger partial charge is 0.376 e. The van der Waals surface area contributed by atoms with Crippen molar-refractivity contribution in [2.45, 2.75) is 39.7 Å². The van der Waals surface area contributed by atoms with E-state index in [1.54, 1.807) is 0 Å². The second kappa shape index (κ2) is 5.35. The monoisotopic (exact) mass is 174 g/mol. The third-order valence-electron chi connectivity index (χ3n) is 2.13. The van der Waals surface area contributed by atoms with Gasteiger partial charge in [0.1, 0.15) is 0 Å². The van der Waals surface area contributed by atoms with Crippen molar-refractivity contribution in [3.8, 4) is 0 Å². The van der Waals surface area contributed by atoms with Crippen LogP contribution in [0.3, 0.4) is 0 Å². The molecule has 0 saturated carbocycles. The van der Waals surface area contributed by atoms with E-state index in [-0.39, 0.29) is 0 Å². The Morgan fingerprint density at radius 2 is 1.91 bits per heavy atom. The van der Waals surface area contributed by atoms with Crippen molar-refractivity contribution >= 4 is 17.3 Å². The maximum atomic E-state index is 5.36. The number of hydrogen-bond acceptors (Lipinski definition) is 1. The summed E-state index contributed by atoms with van der Waals surface area (Å²) >= 11 is 4.75. The Labute approximate surface area is 74.5 Å². The standard InChI is InChI=1S/C8H18N2S/c1-4-7(5-2)6(3)10-8(9)11/h6-7H,4-5H2,1-3H3,(H3,9,10,11).